The van der Waals surface area contributed by atoms with Gasteiger partial charge in [-0.05, 0) is 93.1 Å². The van der Waals surface area contributed by atoms with Gasteiger partial charge in [0, 0.05) is 30.2 Å². The molecule has 2 aromatic carbocycles. The van der Waals surface area contributed by atoms with Gasteiger partial charge >= 0.3 is 6.09 Å². The highest BCUT2D eigenvalue weighted by Gasteiger charge is 2.20. The Kier molecular flexibility index (Phi) is 8.97. The van der Waals surface area contributed by atoms with Gasteiger partial charge in [-0.1, -0.05) is 23.7 Å². The highest BCUT2D eigenvalue weighted by Crippen LogP contribution is 2.31. The van der Waals surface area contributed by atoms with Crippen molar-refractivity contribution in [1.82, 2.24) is 9.97 Å². The van der Waals surface area contributed by atoms with E-state index in [-0.39, 0.29) is 5.28 Å². The minimum atomic E-state index is -0.574. The lowest BCUT2D eigenvalue weighted by Crippen LogP contribution is -2.37. The second kappa shape index (κ2) is 12.2. The SMILES string of the molecule is Cc1cc(N2CCOCC2)c(CCc2cccc(Nc3nc(Cl)ncc3Cl)c2)cc1NC(=O)OC(C)(C)C. The maximum atomic E-state index is 12.5. The summed E-state index contributed by atoms with van der Waals surface area (Å²) in [5, 5.41) is 6.66. The van der Waals surface area contributed by atoms with Crippen molar-refractivity contribution in [2.45, 2.75) is 46.1 Å². The fraction of sp³-hybridized carbons (Fsp3) is 0.393. The molecule has 1 aromatic heterocycles. The average Bonchev–Trinajstić information content (AvgIpc) is 2.86. The highest BCUT2D eigenvalue weighted by molar-refractivity contribution is 6.33. The van der Waals surface area contributed by atoms with E-state index in [0.717, 1.165) is 59.7 Å². The third-order valence-electron chi connectivity index (χ3n) is 6.00. The summed E-state index contributed by atoms with van der Waals surface area (Å²) >= 11 is 12.1. The van der Waals surface area contributed by atoms with Crippen molar-refractivity contribution < 1.29 is 14.3 Å². The van der Waals surface area contributed by atoms with Crippen LogP contribution >= 0.6 is 23.2 Å². The van der Waals surface area contributed by atoms with E-state index in [1.54, 1.807) is 0 Å². The Morgan fingerprint density at radius 1 is 1.13 bits per heavy atom. The molecule has 1 aliphatic rings. The number of morpholine rings is 1. The molecule has 0 bridgehead atoms. The molecule has 38 heavy (non-hydrogen) atoms. The monoisotopic (exact) mass is 557 g/mol. The Balaban J connectivity index is 1.55. The van der Waals surface area contributed by atoms with Crippen molar-refractivity contribution in [3.63, 3.8) is 0 Å². The van der Waals surface area contributed by atoms with Crippen molar-refractivity contribution in [3.8, 4) is 0 Å². The minimum Gasteiger partial charge on any atom is -0.444 e. The van der Waals surface area contributed by atoms with E-state index >= 15 is 0 Å². The van der Waals surface area contributed by atoms with Gasteiger partial charge in [-0.15, -0.1) is 0 Å². The topological polar surface area (TPSA) is 88.6 Å². The van der Waals surface area contributed by atoms with E-state index in [1.165, 1.54) is 6.20 Å². The number of nitrogens with one attached hydrogen (secondary N) is 2. The number of rotatable bonds is 7. The summed E-state index contributed by atoms with van der Waals surface area (Å²) in [4.78, 5) is 22.9. The second-order valence-electron chi connectivity index (χ2n) is 10.2. The van der Waals surface area contributed by atoms with Crippen LogP contribution in [0.15, 0.2) is 42.6 Å². The summed E-state index contributed by atoms with van der Waals surface area (Å²) in [6.07, 6.45) is 2.57. The van der Waals surface area contributed by atoms with Crippen LogP contribution in [0.25, 0.3) is 0 Å². The molecule has 1 aliphatic heterocycles. The standard InChI is InChI=1S/C28H33Cl2N5O3/c1-18-14-24(35-10-12-37-13-11-35)20(16-23(18)33-27(36)38-28(2,3)4)9-8-19-6-5-7-21(15-19)32-25-22(29)17-31-26(30)34-25/h5-7,14-17H,8-13H2,1-4H3,(H,33,36)(H,31,32,34). The summed E-state index contributed by atoms with van der Waals surface area (Å²) < 4.78 is 11.1. The Morgan fingerprint density at radius 2 is 1.89 bits per heavy atom. The number of anilines is 4. The molecule has 0 unspecified atom stereocenters. The zero-order valence-corrected chi connectivity index (χ0v) is 23.6. The van der Waals surface area contributed by atoms with E-state index < -0.39 is 11.7 Å². The summed E-state index contributed by atoms with van der Waals surface area (Å²) in [5.41, 5.74) is 5.45. The van der Waals surface area contributed by atoms with E-state index in [9.17, 15) is 4.79 Å². The molecule has 0 saturated carbocycles. The van der Waals surface area contributed by atoms with Gasteiger partial charge in [0.1, 0.15) is 10.6 Å². The third kappa shape index (κ3) is 7.72. The molecule has 0 aliphatic carbocycles. The van der Waals surface area contributed by atoms with E-state index in [2.05, 4.69) is 49.8 Å². The predicted octanol–water partition coefficient (Wildman–Crippen LogP) is 6.80. The van der Waals surface area contributed by atoms with Crippen LogP contribution in [-0.2, 0) is 22.3 Å². The maximum Gasteiger partial charge on any atom is 0.412 e. The van der Waals surface area contributed by atoms with E-state index in [0.29, 0.717) is 24.1 Å². The number of ether oxygens (including phenoxy) is 2. The molecular formula is C28H33Cl2N5O3. The Bertz CT molecular complexity index is 1290. The highest BCUT2D eigenvalue weighted by atomic mass is 35.5. The molecule has 0 radical (unpaired) electrons. The Morgan fingerprint density at radius 3 is 2.63 bits per heavy atom. The van der Waals surface area contributed by atoms with Gasteiger partial charge in [-0.3, -0.25) is 5.32 Å². The van der Waals surface area contributed by atoms with Crippen LogP contribution < -0.4 is 15.5 Å². The molecule has 2 N–H and O–H groups in total. The van der Waals surface area contributed by atoms with Gasteiger partial charge in [0.25, 0.3) is 0 Å². The molecule has 202 valence electrons. The normalized spacial score (nSPS) is 13.8. The first-order valence-corrected chi connectivity index (χ1v) is 13.3. The lowest BCUT2D eigenvalue weighted by atomic mass is 9.99. The molecule has 10 heteroatoms. The fourth-order valence-corrected chi connectivity index (χ4v) is 4.51. The van der Waals surface area contributed by atoms with Crippen LogP contribution in [0.5, 0.6) is 0 Å². The van der Waals surface area contributed by atoms with Crippen molar-refractivity contribution in [3.05, 3.63) is 69.6 Å². The minimum absolute atomic E-state index is 0.124. The molecule has 4 rings (SSSR count). The molecule has 8 nitrogen and oxygen atoms in total. The third-order valence-corrected chi connectivity index (χ3v) is 6.46. The Hall–Kier alpha value is -3.07. The lowest BCUT2D eigenvalue weighted by Gasteiger charge is -2.31. The molecule has 0 spiro atoms. The number of nitrogens with zero attached hydrogens (tertiary/aromatic N) is 3. The fourth-order valence-electron chi connectivity index (χ4n) is 4.24. The average molecular weight is 559 g/mol. The quantitative estimate of drug-likeness (QED) is 0.308. The van der Waals surface area contributed by atoms with Gasteiger partial charge in [-0.25, -0.2) is 9.78 Å². The maximum absolute atomic E-state index is 12.5. The zero-order valence-electron chi connectivity index (χ0n) is 22.1. The number of halogens is 2. The lowest BCUT2D eigenvalue weighted by molar-refractivity contribution is 0.0636. The predicted molar refractivity (Wildman–Crippen MR) is 153 cm³/mol. The number of hydrogen-bond donors (Lipinski definition) is 2. The molecule has 3 aromatic rings. The first-order chi connectivity index (χ1) is 18.1. The van der Waals surface area contributed by atoms with Gasteiger partial charge in [0.15, 0.2) is 5.82 Å². The summed E-state index contributed by atoms with van der Waals surface area (Å²) in [7, 11) is 0. The largest absolute Gasteiger partial charge is 0.444 e. The second-order valence-corrected chi connectivity index (χ2v) is 10.9. The van der Waals surface area contributed by atoms with Crippen molar-refractivity contribution in [1.29, 1.82) is 0 Å². The van der Waals surface area contributed by atoms with Gasteiger partial charge in [0.05, 0.1) is 19.4 Å². The van der Waals surface area contributed by atoms with Crippen molar-refractivity contribution in [2.75, 3.05) is 41.8 Å². The summed E-state index contributed by atoms with van der Waals surface area (Å²) in [5.74, 6) is 0.454. The number of carbonyl (C=O) groups excluding carboxylic acids is 1. The number of hydrogen-bond acceptors (Lipinski definition) is 7. The molecule has 1 saturated heterocycles. The van der Waals surface area contributed by atoms with E-state index in [1.807, 2.05) is 39.8 Å². The molecule has 2 heterocycles. The van der Waals surface area contributed by atoms with Gasteiger partial charge < -0.3 is 19.7 Å². The molecular weight excluding hydrogens is 525 g/mol. The van der Waals surface area contributed by atoms with Crippen LogP contribution in [0.4, 0.5) is 27.7 Å². The number of aromatic nitrogens is 2. The molecule has 1 fully saturated rings. The smallest absolute Gasteiger partial charge is 0.412 e. The summed E-state index contributed by atoms with van der Waals surface area (Å²) in [6, 6.07) is 12.3. The van der Waals surface area contributed by atoms with Gasteiger partial charge in [-0.2, -0.15) is 4.98 Å². The van der Waals surface area contributed by atoms with Crippen LogP contribution in [0.2, 0.25) is 10.3 Å². The van der Waals surface area contributed by atoms with Gasteiger partial charge in [0.2, 0.25) is 5.28 Å². The number of benzene rings is 2. The first-order valence-electron chi connectivity index (χ1n) is 12.6. The van der Waals surface area contributed by atoms with Crippen molar-refractivity contribution >= 4 is 52.2 Å². The van der Waals surface area contributed by atoms with E-state index in [4.69, 9.17) is 32.7 Å². The zero-order chi connectivity index (χ0) is 27.3. The Labute approximate surface area is 233 Å². The number of carbonyl (C=O) groups is 1. The van der Waals surface area contributed by atoms with Crippen LogP contribution in [0, 0.1) is 6.92 Å². The van der Waals surface area contributed by atoms with Crippen LogP contribution in [0.3, 0.4) is 0 Å². The number of amides is 1. The van der Waals surface area contributed by atoms with Crippen LogP contribution in [-0.4, -0.2) is 48.0 Å². The van der Waals surface area contributed by atoms with Crippen LogP contribution in [0.1, 0.15) is 37.5 Å². The van der Waals surface area contributed by atoms with Crippen molar-refractivity contribution in [2.24, 2.45) is 0 Å². The molecule has 1 amide bonds. The first kappa shape index (κ1) is 28.0. The number of aryl methyl sites for hydroxylation is 3. The summed E-state index contributed by atoms with van der Waals surface area (Å²) in [6.45, 7) is 10.6. The molecule has 0 atom stereocenters.